The lowest BCUT2D eigenvalue weighted by Gasteiger charge is -2.42. The molecule has 20 heavy (non-hydrogen) atoms. The number of hydrogen-bond donors (Lipinski definition) is 1. The van der Waals surface area contributed by atoms with Crippen LogP contribution in [0, 0.1) is 11.8 Å². The van der Waals surface area contributed by atoms with Gasteiger partial charge in [0.1, 0.15) is 0 Å². The molecule has 3 aliphatic rings. The van der Waals surface area contributed by atoms with Gasteiger partial charge in [-0.3, -0.25) is 9.69 Å². The summed E-state index contributed by atoms with van der Waals surface area (Å²) in [6.45, 7) is 10.2. The maximum Gasteiger partial charge on any atom is 0.242 e. The van der Waals surface area contributed by atoms with Crippen LogP contribution in [-0.4, -0.2) is 60.5 Å². The zero-order valence-corrected chi connectivity index (χ0v) is 13.0. The Bertz CT molecular complexity index is 341. The number of rotatable bonds is 6. The lowest BCUT2D eigenvalue weighted by Crippen LogP contribution is -2.61. The number of carbonyl (C=O) groups is 1. The summed E-state index contributed by atoms with van der Waals surface area (Å²) in [6, 6.07) is 0. The number of piperazine rings is 1. The predicted molar refractivity (Wildman–Crippen MR) is 80.5 cm³/mol. The van der Waals surface area contributed by atoms with Gasteiger partial charge in [0.15, 0.2) is 0 Å². The Balaban J connectivity index is 1.65. The maximum atomic E-state index is 13.1. The molecule has 0 radical (unpaired) electrons. The summed E-state index contributed by atoms with van der Waals surface area (Å²) in [7, 11) is 0. The number of amides is 1. The molecule has 2 aliphatic carbocycles. The molecule has 0 unspecified atom stereocenters. The molecular formula is C16H29N3O. The van der Waals surface area contributed by atoms with Crippen molar-refractivity contribution in [2.75, 3.05) is 39.3 Å². The molecule has 4 nitrogen and oxygen atoms in total. The van der Waals surface area contributed by atoms with Crippen LogP contribution in [0.15, 0.2) is 0 Å². The van der Waals surface area contributed by atoms with Crippen molar-refractivity contribution < 1.29 is 4.79 Å². The summed E-state index contributed by atoms with van der Waals surface area (Å²) in [5, 5.41) is 3.37. The van der Waals surface area contributed by atoms with E-state index in [1.54, 1.807) is 0 Å². The fraction of sp³-hybridized carbons (Fsp3) is 0.938. The zero-order valence-electron chi connectivity index (χ0n) is 13.0. The Labute approximate surface area is 122 Å². The Morgan fingerprint density at radius 2 is 1.60 bits per heavy atom. The summed E-state index contributed by atoms with van der Waals surface area (Å²) in [5.74, 6) is 1.94. The summed E-state index contributed by atoms with van der Waals surface area (Å²) >= 11 is 0. The molecule has 0 spiro atoms. The van der Waals surface area contributed by atoms with Crippen molar-refractivity contribution in [2.45, 2.75) is 45.1 Å². The van der Waals surface area contributed by atoms with E-state index in [4.69, 9.17) is 0 Å². The number of hydrogen-bond acceptors (Lipinski definition) is 3. The van der Waals surface area contributed by atoms with Gasteiger partial charge in [0, 0.05) is 39.3 Å². The van der Waals surface area contributed by atoms with Crippen LogP contribution in [0.2, 0.25) is 0 Å². The molecule has 0 aromatic heterocycles. The van der Waals surface area contributed by atoms with Crippen LogP contribution < -0.4 is 5.32 Å². The SMILES string of the molecule is CC(C)(C(=O)N(CC1CC1)CC1CC1)N1CCNCC1. The summed E-state index contributed by atoms with van der Waals surface area (Å²) in [5.41, 5.74) is -0.341. The number of carbonyl (C=O) groups excluding carboxylic acids is 1. The highest BCUT2D eigenvalue weighted by Gasteiger charge is 2.41. The van der Waals surface area contributed by atoms with Gasteiger partial charge < -0.3 is 10.2 Å². The molecule has 0 aromatic rings. The zero-order chi connectivity index (χ0) is 14.2. The molecular weight excluding hydrogens is 250 g/mol. The third kappa shape index (κ3) is 3.34. The second-order valence-corrected chi connectivity index (χ2v) is 7.39. The van der Waals surface area contributed by atoms with Gasteiger partial charge >= 0.3 is 0 Å². The Morgan fingerprint density at radius 1 is 1.10 bits per heavy atom. The van der Waals surface area contributed by atoms with E-state index in [0.29, 0.717) is 5.91 Å². The van der Waals surface area contributed by atoms with Crippen LogP contribution in [-0.2, 0) is 4.79 Å². The second kappa shape index (κ2) is 5.64. The van der Waals surface area contributed by atoms with Crippen molar-refractivity contribution in [3.8, 4) is 0 Å². The predicted octanol–water partition coefficient (Wildman–Crippen LogP) is 1.32. The van der Waals surface area contributed by atoms with E-state index < -0.39 is 0 Å². The summed E-state index contributed by atoms with van der Waals surface area (Å²) < 4.78 is 0. The molecule has 1 amide bonds. The van der Waals surface area contributed by atoms with Crippen molar-refractivity contribution in [3.05, 3.63) is 0 Å². The number of nitrogens with one attached hydrogen (secondary N) is 1. The van der Waals surface area contributed by atoms with E-state index in [2.05, 4.69) is 29.0 Å². The molecule has 114 valence electrons. The minimum absolute atomic E-state index is 0.341. The van der Waals surface area contributed by atoms with E-state index in [1.165, 1.54) is 25.7 Å². The fourth-order valence-corrected chi connectivity index (χ4v) is 3.21. The van der Waals surface area contributed by atoms with Gasteiger partial charge in [-0.25, -0.2) is 0 Å². The summed E-state index contributed by atoms with van der Waals surface area (Å²) in [4.78, 5) is 17.6. The lowest BCUT2D eigenvalue weighted by atomic mass is 9.99. The first-order valence-electron chi connectivity index (χ1n) is 8.32. The van der Waals surface area contributed by atoms with E-state index in [9.17, 15) is 4.79 Å². The maximum absolute atomic E-state index is 13.1. The standard InChI is InChI=1S/C16H29N3O/c1-16(2,19-9-7-17-8-10-19)15(20)18(11-13-3-4-13)12-14-5-6-14/h13-14,17H,3-12H2,1-2H3. The van der Waals surface area contributed by atoms with Crippen molar-refractivity contribution in [1.82, 2.24) is 15.1 Å². The number of nitrogens with zero attached hydrogens (tertiary/aromatic N) is 2. The van der Waals surface area contributed by atoms with Gasteiger partial charge in [0.25, 0.3) is 0 Å². The van der Waals surface area contributed by atoms with Gasteiger partial charge in [0.2, 0.25) is 5.91 Å². The molecule has 3 fully saturated rings. The molecule has 0 bridgehead atoms. The quantitative estimate of drug-likeness (QED) is 0.796. The van der Waals surface area contributed by atoms with Crippen molar-refractivity contribution >= 4 is 5.91 Å². The van der Waals surface area contributed by atoms with Crippen LogP contribution in [0.4, 0.5) is 0 Å². The van der Waals surface area contributed by atoms with Gasteiger partial charge in [0.05, 0.1) is 5.54 Å². The minimum atomic E-state index is -0.341. The Hall–Kier alpha value is -0.610. The first-order valence-corrected chi connectivity index (χ1v) is 8.32. The lowest BCUT2D eigenvalue weighted by molar-refractivity contribution is -0.143. The molecule has 0 aromatic carbocycles. The Kier molecular flexibility index (Phi) is 4.04. The van der Waals surface area contributed by atoms with Crippen LogP contribution in [0.5, 0.6) is 0 Å². The van der Waals surface area contributed by atoms with Gasteiger partial charge in [-0.05, 0) is 51.4 Å². The van der Waals surface area contributed by atoms with Crippen LogP contribution in [0.3, 0.4) is 0 Å². The first kappa shape index (κ1) is 14.3. The molecule has 1 saturated heterocycles. The average Bonchev–Trinajstić information content (AvgIpc) is 3.33. The Morgan fingerprint density at radius 3 is 2.05 bits per heavy atom. The normalized spacial score (nSPS) is 24.7. The molecule has 2 saturated carbocycles. The van der Waals surface area contributed by atoms with Crippen molar-refractivity contribution in [3.63, 3.8) is 0 Å². The molecule has 1 aliphatic heterocycles. The monoisotopic (exact) mass is 279 g/mol. The topological polar surface area (TPSA) is 35.6 Å². The second-order valence-electron chi connectivity index (χ2n) is 7.39. The highest BCUT2D eigenvalue weighted by molar-refractivity contribution is 5.85. The third-order valence-electron chi connectivity index (χ3n) is 5.07. The van der Waals surface area contributed by atoms with Crippen LogP contribution in [0.25, 0.3) is 0 Å². The fourth-order valence-electron chi connectivity index (χ4n) is 3.21. The van der Waals surface area contributed by atoms with Crippen LogP contribution in [0.1, 0.15) is 39.5 Å². The van der Waals surface area contributed by atoms with Crippen molar-refractivity contribution in [1.29, 1.82) is 0 Å². The average molecular weight is 279 g/mol. The van der Waals surface area contributed by atoms with E-state index in [0.717, 1.165) is 51.1 Å². The van der Waals surface area contributed by atoms with E-state index in [1.807, 2.05) is 0 Å². The highest BCUT2D eigenvalue weighted by Crippen LogP contribution is 2.35. The van der Waals surface area contributed by atoms with Crippen molar-refractivity contribution in [2.24, 2.45) is 11.8 Å². The molecule has 4 heteroatoms. The molecule has 1 N–H and O–H groups in total. The van der Waals surface area contributed by atoms with Gasteiger partial charge in [-0.1, -0.05) is 0 Å². The molecule has 1 heterocycles. The van der Waals surface area contributed by atoms with Crippen LogP contribution >= 0.6 is 0 Å². The summed E-state index contributed by atoms with van der Waals surface area (Å²) in [6.07, 6.45) is 5.29. The van der Waals surface area contributed by atoms with Gasteiger partial charge in [-0.2, -0.15) is 0 Å². The minimum Gasteiger partial charge on any atom is -0.341 e. The molecule has 0 atom stereocenters. The van der Waals surface area contributed by atoms with E-state index in [-0.39, 0.29) is 5.54 Å². The molecule has 3 rings (SSSR count). The first-order chi connectivity index (χ1) is 9.57. The highest BCUT2D eigenvalue weighted by atomic mass is 16.2. The van der Waals surface area contributed by atoms with Gasteiger partial charge in [-0.15, -0.1) is 0 Å². The third-order valence-corrected chi connectivity index (χ3v) is 5.07. The largest absolute Gasteiger partial charge is 0.341 e. The van der Waals surface area contributed by atoms with E-state index >= 15 is 0 Å². The smallest absolute Gasteiger partial charge is 0.242 e.